The molecular formula is C29H30ClN3O2. The summed E-state index contributed by atoms with van der Waals surface area (Å²) >= 11 is 6.13. The van der Waals surface area contributed by atoms with E-state index in [0.29, 0.717) is 50.2 Å². The van der Waals surface area contributed by atoms with Gasteiger partial charge in [0.25, 0.3) is 0 Å². The second kappa shape index (κ2) is 9.84. The molecule has 35 heavy (non-hydrogen) atoms. The number of piperidine rings is 1. The van der Waals surface area contributed by atoms with Crippen molar-refractivity contribution in [1.29, 1.82) is 0 Å². The van der Waals surface area contributed by atoms with Crippen LogP contribution < -0.4 is 0 Å². The summed E-state index contributed by atoms with van der Waals surface area (Å²) in [5.41, 5.74) is 4.77. The highest BCUT2D eigenvalue weighted by atomic mass is 35.5. The zero-order chi connectivity index (χ0) is 24.4. The minimum Gasteiger partial charge on any atom is -0.389 e. The Morgan fingerprint density at radius 1 is 1.06 bits per heavy atom. The molecule has 1 saturated heterocycles. The minimum absolute atomic E-state index is 0.134. The third-order valence-electron chi connectivity index (χ3n) is 7.24. The van der Waals surface area contributed by atoms with Crippen molar-refractivity contribution in [3.63, 3.8) is 0 Å². The molecule has 1 aliphatic rings. The third kappa shape index (κ3) is 4.97. The van der Waals surface area contributed by atoms with Crippen molar-refractivity contribution >= 4 is 28.4 Å². The molecule has 2 aromatic heterocycles. The Morgan fingerprint density at radius 3 is 2.49 bits per heavy atom. The maximum Gasteiger partial charge on any atom is 0.222 e. The number of aryl methyl sites for hydroxylation is 2. The van der Waals surface area contributed by atoms with Crippen LogP contribution >= 0.6 is 11.6 Å². The smallest absolute Gasteiger partial charge is 0.222 e. The van der Waals surface area contributed by atoms with E-state index in [1.807, 2.05) is 71.8 Å². The summed E-state index contributed by atoms with van der Waals surface area (Å²) in [7, 11) is 2.05. The van der Waals surface area contributed by atoms with Gasteiger partial charge in [0.05, 0.1) is 16.8 Å². The lowest BCUT2D eigenvalue weighted by Gasteiger charge is -2.38. The van der Waals surface area contributed by atoms with Gasteiger partial charge in [-0.05, 0) is 54.2 Å². The number of aliphatic hydroxyl groups is 1. The average molecular weight is 488 g/mol. The van der Waals surface area contributed by atoms with Gasteiger partial charge in [0, 0.05) is 55.8 Å². The number of nitrogens with zero attached hydrogens (tertiary/aromatic N) is 3. The zero-order valence-corrected chi connectivity index (χ0v) is 20.7. The number of pyridine rings is 1. The summed E-state index contributed by atoms with van der Waals surface area (Å²) in [5, 5.41) is 12.8. The largest absolute Gasteiger partial charge is 0.389 e. The molecular weight excluding hydrogens is 458 g/mol. The van der Waals surface area contributed by atoms with E-state index in [-0.39, 0.29) is 5.91 Å². The molecule has 180 valence electrons. The van der Waals surface area contributed by atoms with Crippen LogP contribution in [0.2, 0.25) is 5.02 Å². The van der Waals surface area contributed by atoms with E-state index < -0.39 is 5.60 Å². The van der Waals surface area contributed by atoms with Gasteiger partial charge in [-0.2, -0.15) is 0 Å². The number of carbonyl (C=O) groups excluding carboxylic acids is 1. The maximum absolute atomic E-state index is 13.2. The molecule has 0 saturated carbocycles. The van der Waals surface area contributed by atoms with Crippen LogP contribution in [0.3, 0.4) is 0 Å². The normalized spacial score (nSPS) is 15.5. The molecule has 6 heteroatoms. The van der Waals surface area contributed by atoms with E-state index in [4.69, 9.17) is 11.6 Å². The van der Waals surface area contributed by atoms with Gasteiger partial charge in [0.15, 0.2) is 0 Å². The van der Waals surface area contributed by atoms with Crippen LogP contribution in [-0.2, 0) is 24.7 Å². The molecule has 0 atom stereocenters. The van der Waals surface area contributed by atoms with Crippen molar-refractivity contribution in [2.75, 3.05) is 13.1 Å². The highest BCUT2D eigenvalue weighted by Crippen LogP contribution is 2.34. The van der Waals surface area contributed by atoms with E-state index in [2.05, 4.69) is 16.6 Å². The summed E-state index contributed by atoms with van der Waals surface area (Å²) in [5.74, 6) is 0.134. The van der Waals surface area contributed by atoms with Crippen LogP contribution in [0.5, 0.6) is 0 Å². The summed E-state index contributed by atoms with van der Waals surface area (Å²) in [6.45, 7) is 1.17. The Labute approximate surface area is 211 Å². The van der Waals surface area contributed by atoms with Gasteiger partial charge < -0.3 is 14.6 Å². The average Bonchev–Trinajstić information content (AvgIpc) is 3.15. The molecule has 0 unspecified atom stereocenters. The van der Waals surface area contributed by atoms with Crippen LogP contribution in [0.25, 0.3) is 22.2 Å². The van der Waals surface area contributed by atoms with Crippen LogP contribution in [0.15, 0.2) is 73.1 Å². The topological polar surface area (TPSA) is 58.4 Å². The number of hydrogen-bond acceptors (Lipinski definition) is 3. The molecule has 5 rings (SSSR count). The van der Waals surface area contributed by atoms with E-state index in [0.717, 1.165) is 33.3 Å². The molecule has 3 heterocycles. The standard InChI is InChI=1S/C29H30ClN3O2/c1-32-26-13-16-31-20-25(26)24(28(32)22-7-9-23(30)10-8-22)11-12-27(34)33-17-14-29(35,15-18-33)19-21-5-3-2-4-6-21/h2-10,13,16,20,35H,11-12,14-15,17-19H2,1H3. The fraction of sp³-hybridized carbons (Fsp3) is 0.310. The van der Waals surface area contributed by atoms with E-state index in [9.17, 15) is 9.90 Å². The molecule has 1 N–H and O–H groups in total. The molecule has 4 aromatic rings. The lowest BCUT2D eigenvalue weighted by Crippen LogP contribution is -2.47. The first-order valence-corrected chi connectivity index (χ1v) is 12.5. The van der Waals surface area contributed by atoms with Gasteiger partial charge in [0.2, 0.25) is 5.91 Å². The number of hydrogen-bond donors (Lipinski definition) is 1. The number of benzene rings is 2. The molecule has 1 amide bonds. The number of carbonyl (C=O) groups is 1. The van der Waals surface area contributed by atoms with Gasteiger partial charge in [-0.3, -0.25) is 9.78 Å². The van der Waals surface area contributed by atoms with E-state index in [1.54, 1.807) is 6.20 Å². The Bertz CT molecular complexity index is 1320. The number of aromatic nitrogens is 2. The second-order valence-corrected chi connectivity index (χ2v) is 9.99. The predicted octanol–water partition coefficient (Wildman–Crippen LogP) is 5.42. The highest BCUT2D eigenvalue weighted by Gasteiger charge is 2.34. The van der Waals surface area contributed by atoms with Crippen LogP contribution in [-0.4, -0.2) is 44.2 Å². The first-order chi connectivity index (χ1) is 16.9. The van der Waals surface area contributed by atoms with Crippen LogP contribution in [0, 0.1) is 0 Å². The van der Waals surface area contributed by atoms with Crippen molar-refractivity contribution in [3.05, 3.63) is 89.2 Å². The summed E-state index contributed by atoms with van der Waals surface area (Å²) < 4.78 is 2.17. The van der Waals surface area contributed by atoms with Crippen LogP contribution in [0.1, 0.15) is 30.4 Å². The summed E-state index contributed by atoms with van der Waals surface area (Å²) in [4.78, 5) is 19.4. The Hall–Kier alpha value is -3.15. The quantitative estimate of drug-likeness (QED) is 0.395. The molecule has 0 radical (unpaired) electrons. The monoisotopic (exact) mass is 487 g/mol. The van der Waals surface area contributed by atoms with Crippen molar-refractivity contribution < 1.29 is 9.90 Å². The highest BCUT2D eigenvalue weighted by molar-refractivity contribution is 6.30. The molecule has 5 nitrogen and oxygen atoms in total. The van der Waals surface area contributed by atoms with E-state index >= 15 is 0 Å². The van der Waals surface area contributed by atoms with Crippen molar-refractivity contribution in [2.45, 2.75) is 37.7 Å². The number of fused-ring (bicyclic) bond motifs is 1. The zero-order valence-electron chi connectivity index (χ0n) is 20.0. The number of halogens is 1. The maximum atomic E-state index is 13.2. The lowest BCUT2D eigenvalue weighted by molar-refractivity contribution is -0.135. The molecule has 0 aliphatic carbocycles. The predicted molar refractivity (Wildman–Crippen MR) is 140 cm³/mol. The molecule has 2 aromatic carbocycles. The van der Waals surface area contributed by atoms with Crippen molar-refractivity contribution in [1.82, 2.24) is 14.5 Å². The lowest BCUT2D eigenvalue weighted by atomic mass is 9.85. The third-order valence-corrected chi connectivity index (χ3v) is 7.49. The molecule has 1 aliphatic heterocycles. The molecule has 0 spiro atoms. The molecule has 0 bridgehead atoms. The van der Waals surface area contributed by atoms with Crippen molar-refractivity contribution in [3.8, 4) is 11.3 Å². The first-order valence-electron chi connectivity index (χ1n) is 12.1. The van der Waals surface area contributed by atoms with Gasteiger partial charge in [-0.15, -0.1) is 0 Å². The van der Waals surface area contributed by atoms with Gasteiger partial charge in [-0.1, -0.05) is 54.1 Å². The van der Waals surface area contributed by atoms with Gasteiger partial charge in [-0.25, -0.2) is 0 Å². The Kier molecular flexibility index (Phi) is 6.63. The number of amides is 1. The van der Waals surface area contributed by atoms with E-state index in [1.165, 1.54) is 0 Å². The molecule has 1 fully saturated rings. The fourth-order valence-electron chi connectivity index (χ4n) is 5.31. The van der Waals surface area contributed by atoms with Crippen LogP contribution in [0.4, 0.5) is 0 Å². The Balaban J connectivity index is 1.30. The number of rotatable bonds is 6. The minimum atomic E-state index is -0.749. The summed E-state index contributed by atoms with van der Waals surface area (Å²) in [6, 6.07) is 19.9. The fourth-order valence-corrected chi connectivity index (χ4v) is 5.43. The summed E-state index contributed by atoms with van der Waals surface area (Å²) in [6.07, 6.45) is 6.57. The van der Waals surface area contributed by atoms with Gasteiger partial charge >= 0.3 is 0 Å². The van der Waals surface area contributed by atoms with Gasteiger partial charge in [0.1, 0.15) is 0 Å². The SMILES string of the molecule is Cn1c(-c2ccc(Cl)cc2)c(CCC(=O)N2CCC(O)(Cc3ccccc3)CC2)c2cnccc21. The second-order valence-electron chi connectivity index (χ2n) is 9.55. The first kappa shape index (κ1) is 23.6. The Morgan fingerprint density at radius 2 is 1.77 bits per heavy atom. The number of likely N-dealkylation sites (tertiary alicyclic amines) is 1. The van der Waals surface area contributed by atoms with Crippen molar-refractivity contribution in [2.24, 2.45) is 7.05 Å².